The van der Waals surface area contributed by atoms with Crippen LogP contribution in [0.2, 0.25) is 0 Å². The lowest BCUT2D eigenvalue weighted by Crippen LogP contribution is -2.30. The van der Waals surface area contributed by atoms with E-state index in [0.29, 0.717) is 13.2 Å². The van der Waals surface area contributed by atoms with Gasteiger partial charge in [-0.15, -0.1) is 0 Å². The van der Waals surface area contributed by atoms with Gasteiger partial charge in [0.15, 0.2) is 0 Å². The molecular formula is C9H19NO3. The summed E-state index contributed by atoms with van der Waals surface area (Å²) >= 11 is 0. The summed E-state index contributed by atoms with van der Waals surface area (Å²) in [6.45, 7) is 5.00. The molecule has 0 aliphatic carbocycles. The second-order valence-corrected chi connectivity index (χ2v) is 3.20. The number of ether oxygens (including phenoxy) is 2. The number of carbonyl (C=O) groups is 1. The molecule has 78 valence electrons. The van der Waals surface area contributed by atoms with Crippen LogP contribution < -0.4 is 0 Å². The Hall–Kier alpha value is -0.770. The van der Waals surface area contributed by atoms with Gasteiger partial charge in [-0.3, -0.25) is 0 Å². The Morgan fingerprint density at radius 2 is 2.08 bits per heavy atom. The van der Waals surface area contributed by atoms with Crippen LogP contribution in [0.1, 0.15) is 20.3 Å². The molecule has 0 fully saturated rings. The third kappa shape index (κ3) is 6.40. The Kier molecular flexibility index (Phi) is 6.32. The van der Waals surface area contributed by atoms with Crippen LogP contribution in [0.15, 0.2) is 0 Å². The predicted molar refractivity (Wildman–Crippen MR) is 50.7 cm³/mol. The van der Waals surface area contributed by atoms with Gasteiger partial charge in [0.05, 0.1) is 6.10 Å². The van der Waals surface area contributed by atoms with Gasteiger partial charge in [0.2, 0.25) is 0 Å². The summed E-state index contributed by atoms with van der Waals surface area (Å²) in [5.41, 5.74) is 0. The molecule has 0 aromatic rings. The molecule has 0 aromatic carbocycles. The van der Waals surface area contributed by atoms with Gasteiger partial charge >= 0.3 is 6.09 Å². The van der Waals surface area contributed by atoms with Gasteiger partial charge in [0, 0.05) is 27.3 Å². The van der Waals surface area contributed by atoms with Crippen molar-refractivity contribution in [2.45, 2.75) is 26.4 Å². The Bertz CT molecular complexity index is 148. The third-order valence-corrected chi connectivity index (χ3v) is 1.49. The molecule has 0 saturated carbocycles. The standard InChI is InChI=1S/C9H19NO3/c1-8(2)13-9(11)10(3)6-5-7-12-4/h8H,5-7H2,1-4H3. The zero-order chi connectivity index (χ0) is 10.3. The molecule has 0 rings (SSSR count). The van der Waals surface area contributed by atoms with E-state index in [1.54, 1.807) is 19.1 Å². The Balaban J connectivity index is 3.57. The van der Waals surface area contributed by atoms with Crippen molar-refractivity contribution < 1.29 is 14.3 Å². The van der Waals surface area contributed by atoms with Gasteiger partial charge in [-0.1, -0.05) is 0 Å². The van der Waals surface area contributed by atoms with E-state index in [1.807, 2.05) is 13.8 Å². The average molecular weight is 189 g/mol. The Morgan fingerprint density at radius 1 is 1.46 bits per heavy atom. The first-order chi connectivity index (χ1) is 6.07. The Morgan fingerprint density at radius 3 is 2.54 bits per heavy atom. The molecule has 13 heavy (non-hydrogen) atoms. The second kappa shape index (κ2) is 6.71. The van der Waals surface area contributed by atoms with Gasteiger partial charge in [-0.25, -0.2) is 4.79 Å². The quantitative estimate of drug-likeness (QED) is 0.615. The zero-order valence-corrected chi connectivity index (χ0v) is 8.87. The number of carbonyl (C=O) groups excluding carboxylic acids is 1. The molecule has 0 unspecified atom stereocenters. The molecule has 0 N–H and O–H groups in total. The molecule has 0 atom stereocenters. The van der Waals surface area contributed by atoms with Crippen molar-refractivity contribution in [1.82, 2.24) is 4.90 Å². The summed E-state index contributed by atoms with van der Waals surface area (Å²) in [4.78, 5) is 12.8. The number of rotatable bonds is 5. The van der Waals surface area contributed by atoms with E-state index in [2.05, 4.69) is 0 Å². The highest BCUT2D eigenvalue weighted by Crippen LogP contribution is 1.96. The van der Waals surface area contributed by atoms with Gasteiger partial charge in [-0.05, 0) is 20.3 Å². The summed E-state index contributed by atoms with van der Waals surface area (Å²) in [5.74, 6) is 0. The topological polar surface area (TPSA) is 38.8 Å². The smallest absolute Gasteiger partial charge is 0.409 e. The number of nitrogens with zero attached hydrogens (tertiary/aromatic N) is 1. The predicted octanol–water partition coefficient (Wildman–Crippen LogP) is 1.50. The highest BCUT2D eigenvalue weighted by Gasteiger charge is 2.10. The summed E-state index contributed by atoms with van der Waals surface area (Å²) in [5, 5.41) is 0. The lowest BCUT2D eigenvalue weighted by atomic mass is 10.4. The summed E-state index contributed by atoms with van der Waals surface area (Å²) in [6.07, 6.45) is 0.503. The van der Waals surface area contributed by atoms with E-state index in [1.165, 1.54) is 0 Å². The van der Waals surface area contributed by atoms with Crippen LogP contribution in [0.25, 0.3) is 0 Å². The maximum Gasteiger partial charge on any atom is 0.409 e. The highest BCUT2D eigenvalue weighted by molar-refractivity contribution is 5.67. The van der Waals surface area contributed by atoms with Crippen LogP contribution in [0.3, 0.4) is 0 Å². The van der Waals surface area contributed by atoms with Crippen LogP contribution >= 0.6 is 0 Å². The van der Waals surface area contributed by atoms with Crippen LogP contribution in [-0.2, 0) is 9.47 Å². The molecule has 0 spiro atoms. The van der Waals surface area contributed by atoms with Gasteiger partial charge in [-0.2, -0.15) is 0 Å². The average Bonchev–Trinajstić information content (AvgIpc) is 2.03. The van der Waals surface area contributed by atoms with Crippen molar-refractivity contribution in [3.63, 3.8) is 0 Å². The van der Waals surface area contributed by atoms with E-state index in [9.17, 15) is 4.79 Å². The van der Waals surface area contributed by atoms with Crippen molar-refractivity contribution in [2.24, 2.45) is 0 Å². The minimum atomic E-state index is -0.272. The van der Waals surface area contributed by atoms with Gasteiger partial charge in [0.1, 0.15) is 0 Å². The third-order valence-electron chi connectivity index (χ3n) is 1.49. The molecule has 0 aliphatic heterocycles. The molecule has 0 aliphatic rings. The van der Waals surface area contributed by atoms with Gasteiger partial charge in [0.25, 0.3) is 0 Å². The lowest BCUT2D eigenvalue weighted by molar-refractivity contribution is 0.0810. The van der Waals surface area contributed by atoms with Crippen LogP contribution in [0.5, 0.6) is 0 Å². The normalized spacial score (nSPS) is 10.2. The monoisotopic (exact) mass is 189 g/mol. The van der Waals surface area contributed by atoms with Crippen molar-refractivity contribution in [3.8, 4) is 0 Å². The molecule has 1 amide bonds. The van der Waals surface area contributed by atoms with E-state index >= 15 is 0 Å². The minimum absolute atomic E-state index is 0.0580. The Labute approximate surface area is 79.8 Å². The first-order valence-corrected chi connectivity index (χ1v) is 4.48. The fourth-order valence-electron chi connectivity index (χ4n) is 0.829. The van der Waals surface area contributed by atoms with Crippen molar-refractivity contribution in [1.29, 1.82) is 0 Å². The second-order valence-electron chi connectivity index (χ2n) is 3.20. The summed E-state index contributed by atoms with van der Waals surface area (Å²) in [7, 11) is 3.37. The highest BCUT2D eigenvalue weighted by atomic mass is 16.6. The molecule has 0 bridgehead atoms. The van der Waals surface area contributed by atoms with Gasteiger partial charge < -0.3 is 14.4 Å². The van der Waals surface area contributed by atoms with Crippen molar-refractivity contribution in [3.05, 3.63) is 0 Å². The van der Waals surface area contributed by atoms with E-state index in [4.69, 9.17) is 9.47 Å². The molecule has 0 saturated heterocycles. The fourth-order valence-corrected chi connectivity index (χ4v) is 0.829. The zero-order valence-electron chi connectivity index (χ0n) is 8.87. The first-order valence-electron chi connectivity index (χ1n) is 4.48. The van der Waals surface area contributed by atoms with Crippen molar-refractivity contribution >= 4 is 6.09 Å². The molecule has 0 aromatic heterocycles. The minimum Gasteiger partial charge on any atom is -0.447 e. The molecule has 0 heterocycles. The van der Waals surface area contributed by atoms with Crippen LogP contribution in [-0.4, -0.2) is 44.4 Å². The number of methoxy groups -OCH3 is 1. The van der Waals surface area contributed by atoms with E-state index < -0.39 is 0 Å². The van der Waals surface area contributed by atoms with E-state index in [0.717, 1.165) is 6.42 Å². The molecule has 0 radical (unpaired) electrons. The summed E-state index contributed by atoms with van der Waals surface area (Å²) < 4.78 is 9.86. The number of hydrogen-bond acceptors (Lipinski definition) is 3. The maximum absolute atomic E-state index is 11.2. The molecule has 4 heteroatoms. The molecular weight excluding hydrogens is 170 g/mol. The number of amides is 1. The maximum atomic E-state index is 11.2. The van der Waals surface area contributed by atoms with Crippen molar-refractivity contribution in [2.75, 3.05) is 27.3 Å². The SMILES string of the molecule is COCCCN(C)C(=O)OC(C)C. The van der Waals surface area contributed by atoms with E-state index in [-0.39, 0.29) is 12.2 Å². The lowest BCUT2D eigenvalue weighted by Gasteiger charge is -2.18. The molecule has 4 nitrogen and oxygen atoms in total. The van der Waals surface area contributed by atoms with Crippen LogP contribution in [0.4, 0.5) is 4.79 Å². The van der Waals surface area contributed by atoms with Crippen LogP contribution in [0, 0.1) is 0 Å². The largest absolute Gasteiger partial charge is 0.447 e. The number of hydrogen-bond donors (Lipinski definition) is 0. The fraction of sp³-hybridized carbons (Fsp3) is 0.889. The summed E-state index contributed by atoms with van der Waals surface area (Å²) in [6, 6.07) is 0. The first kappa shape index (κ1) is 12.2.